The second-order valence-corrected chi connectivity index (χ2v) is 8.82. The Bertz CT molecular complexity index is 806. The lowest BCUT2D eigenvalue weighted by atomic mass is 9.95. The van der Waals surface area contributed by atoms with E-state index >= 15 is 0 Å². The van der Waals surface area contributed by atoms with E-state index in [9.17, 15) is 9.90 Å². The number of carbonyl (C=O) groups is 1. The number of aromatic nitrogens is 2. The third-order valence-corrected chi connectivity index (χ3v) is 5.06. The summed E-state index contributed by atoms with van der Waals surface area (Å²) in [4.78, 5) is 15.6. The normalized spacial score (nSPS) is 16.7. The van der Waals surface area contributed by atoms with E-state index in [1.54, 1.807) is 11.1 Å². The van der Waals surface area contributed by atoms with Crippen LogP contribution in [0.1, 0.15) is 32.8 Å². The topological polar surface area (TPSA) is 81.6 Å². The molecule has 1 aromatic carbocycles. The average Bonchev–Trinajstić information content (AvgIpc) is 3.16. The summed E-state index contributed by atoms with van der Waals surface area (Å²) in [5.41, 5.74) is 2.18. The quantitative estimate of drug-likeness (QED) is 0.741. The number of benzene rings is 1. The zero-order valence-electron chi connectivity index (χ0n) is 17.5. The number of hydrogen-bond acceptors (Lipinski definition) is 5. The van der Waals surface area contributed by atoms with Gasteiger partial charge in [-0.15, -0.1) is 5.10 Å². The van der Waals surface area contributed by atoms with Gasteiger partial charge in [0.25, 0.3) is 0 Å². The molecule has 29 heavy (non-hydrogen) atoms. The molecule has 1 amide bonds. The summed E-state index contributed by atoms with van der Waals surface area (Å²) in [5.74, 6) is 0.742. The summed E-state index contributed by atoms with van der Waals surface area (Å²) in [6.45, 7) is 9.00. The standard InChI is InChI=1S/C22H31N5O2/c1-22(2,3)16-27(21(28)29)18-10-12-26(15-18)19-13-20(25-24-14-19)23-11-9-17-7-5-4-6-8-17/h4-8,13-14,18H,9-12,15-16H2,1-3H3,(H,23,25)(H,28,29)/t18-/m1/s1. The van der Waals surface area contributed by atoms with Crippen LogP contribution in [-0.2, 0) is 6.42 Å². The van der Waals surface area contributed by atoms with Crippen molar-refractivity contribution in [3.8, 4) is 0 Å². The van der Waals surface area contributed by atoms with Gasteiger partial charge in [-0.3, -0.25) is 0 Å². The molecule has 0 unspecified atom stereocenters. The predicted molar refractivity (Wildman–Crippen MR) is 115 cm³/mol. The molecule has 0 spiro atoms. The van der Waals surface area contributed by atoms with E-state index in [2.05, 4.69) is 53.3 Å². The number of hydrogen-bond donors (Lipinski definition) is 2. The van der Waals surface area contributed by atoms with E-state index in [0.29, 0.717) is 13.1 Å². The second kappa shape index (κ2) is 9.11. The summed E-state index contributed by atoms with van der Waals surface area (Å²) in [5, 5.41) is 21.3. The molecule has 0 bridgehead atoms. The van der Waals surface area contributed by atoms with E-state index in [4.69, 9.17) is 0 Å². The maximum absolute atomic E-state index is 11.8. The van der Waals surface area contributed by atoms with Crippen molar-refractivity contribution < 1.29 is 9.90 Å². The van der Waals surface area contributed by atoms with Crippen molar-refractivity contribution in [1.82, 2.24) is 15.1 Å². The second-order valence-electron chi connectivity index (χ2n) is 8.82. The molecule has 3 rings (SSSR count). The Morgan fingerprint density at radius 3 is 2.76 bits per heavy atom. The highest BCUT2D eigenvalue weighted by Crippen LogP contribution is 2.26. The molecule has 0 aliphatic carbocycles. The van der Waals surface area contributed by atoms with Crippen molar-refractivity contribution in [2.45, 2.75) is 39.7 Å². The van der Waals surface area contributed by atoms with E-state index in [0.717, 1.165) is 37.4 Å². The van der Waals surface area contributed by atoms with Crippen LogP contribution in [0.25, 0.3) is 0 Å². The smallest absolute Gasteiger partial charge is 0.407 e. The van der Waals surface area contributed by atoms with Crippen LogP contribution < -0.4 is 10.2 Å². The van der Waals surface area contributed by atoms with E-state index in [-0.39, 0.29) is 11.5 Å². The molecule has 2 aromatic rings. The summed E-state index contributed by atoms with van der Waals surface area (Å²) in [6.07, 6.45) is 2.64. The highest BCUT2D eigenvalue weighted by molar-refractivity contribution is 5.66. The first-order valence-corrected chi connectivity index (χ1v) is 10.2. The number of anilines is 2. The fraction of sp³-hybridized carbons (Fsp3) is 0.500. The van der Waals surface area contributed by atoms with Gasteiger partial charge < -0.3 is 20.2 Å². The summed E-state index contributed by atoms with van der Waals surface area (Å²) < 4.78 is 0. The highest BCUT2D eigenvalue weighted by atomic mass is 16.4. The Morgan fingerprint density at radius 1 is 1.31 bits per heavy atom. The van der Waals surface area contributed by atoms with Gasteiger partial charge in [-0.1, -0.05) is 51.1 Å². The maximum atomic E-state index is 11.8. The molecule has 7 nitrogen and oxygen atoms in total. The minimum Gasteiger partial charge on any atom is -0.465 e. The minimum absolute atomic E-state index is 0.00520. The maximum Gasteiger partial charge on any atom is 0.407 e. The number of carboxylic acid groups (broad SMARTS) is 1. The van der Waals surface area contributed by atoms with Crippen molar-refractivity contribution in [3.05, 3.63) is 48.2 Å². The number of nitrogens with zero attached hydrogens (tertiary/aromatic N) is 4. The largest absolute Gasteiger partial charge is 0.465 e. The SMILES string of the molecule is CC(C)(C)CN(C(=O)O)[C@@H]1CCN(c2cnnc(NCCc3ccccc3)c2)C1. The molecule has 1 fully saturated rings. The zero-order valence-corrected chi connectivity index (χ0v) is 17.5. The summed E-state index contributed by atoms with van der Waals surface area (Å²) in [6, 6.07) is 12.3. The molecule has 2 heterocycles. The van der Waals surface area contributed by atoms with Crippen LogP contribution in [-0.4, -0.2) is 58.5 Å². The van der Waals surface area contributed by atoms with Crippen molar-refractivity contribution >= 4 is 17.6 Å². The van der Waals surface area contributed by atoms with Crippen molar-refractivity contribution in [1.29, 1.82) is 0 Å². The average molecular weight is 398 g/mol. The zero-order chi connectivity index (χ0) is 20.9. The van der Waals surface area contributed by atoms with E-state index < -0.39 is 6.09 Å². The van der Waals surface area contributed by atoms with E-state index in [1.165, 1.54) is 5.56 Å². The first kappa shape index (κ1) is 20.9. The van der Waals surface area contributed by atoms with Gasteiger partial charge in [-0.2, -0.15) is 5.10 Å². The fourth-order valence-corrected chi connectivity index (χ4v) is 3.69. The first-order valence-electron chi connectivity index (χ1n) is 10.2. The van der Waals surface area contributed by atoms with Gasteiger partial charge in [-0.25, -0.2) is 4.79 Å². The van der Waals surface area contributed by atoms with Crippen LogP contribution in [0.4, 0.5) is 16.3 Å². The van der Waals surface area contributed by atoms with Crippen LogP contribution in [0.2, 0.25) is 0 Å². The molecule has 1 aliphatic heterocycles. The highest BCUT2D eigenvalue weighted by Gasteiger charge is 2.33. The van der Waals surface area contributed by atoms with Gasteiger partial charge in [0, 0.05) is 32.2 Å². The van der Waals surface area contributed by atoms with Crippen LogP contribution in [0.5, 0.6) is 0 Å². The monoisotopic (exact) mass is 397 g/mol. The molecule has 7 heteroatoms. The van der Waals surface area contributed by atoms with Crippen molar-refractivity contribution in [2.75, 3.05) is 36.4 Å². The van der Waals surface area contributed by atoms with Gasteiger partial charge in [0.05, 0.1) is 17.9 Å². The number of amides is 1. The molecule has 156 valence electrons. The molecule has 0 saturated carbocycles. The minimum atomic E-state index is -0.845. The molecule has 0 radical (unpaired) electrons. The van der Waals surface area contributed by atoms with Crippen molar-refractivity contribution in [2.24, 2.45) is 5.41 Å². The molecular formula is C22H31N5O2. The number of rotatable bonds is 7. The van der Waals surface area contributed by atoms with Crippen LogP contribution in [0.15, 0.2) is 42.6 Å². The van der Waals surface area contributed by atoms with Crippen LogP contribution >= 0.6 is 0 Å². The third-order valence-electron chi connectivity index (χ3n) is 5.06. The van der Waals surface area contributed by atoms with Crippen molar-refractivity contribution in [3.63, 3.8) is 0 Å². The third kappa shape index (κ3) is 6.07. The lowest BCUT2D eigenvalue weighted by Gasteiger charge is -2.32. The lowest BCUT2D eigenvalue weighted by molar-refractivity contribution is 0.107. The molecular weight excluding hydrogens is 366 g/mol. The van der Waals surface area contributed by atoms with Gasteiger partial charge in [0.15, 0.2) is 5.82 Å². The van der Waals surface area contributed by atoms with Gasteiger partial charge in [0.1, 0.15) is 0 Å². The first-order chi connectivity index (χ1) is 13.8. The predicted octanol–water partition coefficient (Wildman–Crippen LogP) is 3.74. The Balaban J connectivity index is 1.58. The molecule has 1 aliphatic rings. The lowest BCUT2D eigenvalue weighted by Crippen LogP contribution is -2.45. The Kier molecular flexibility index (Phi) is 6.56. The van der Waals surface area contributed by atoms with Crippen LogP contribution in [0.3, 0.4) is 0 Å². The van der Waals surface area contributed by atoms with Crippen LogP contribution in [0, 0.1) is 5.41 Å². The molecule has 2 N–H and O–H groups in total. The van der Waals surface area contributed by atoms with Gasteiger partial charge in [0.2, 0.25) is 0 Å². The van der Waals surface area contributed by atoms with Gasteiger partial charge in [-0.05, 0) is 23.8 Å². The van der Waals surface area contributed by atoms with E-state index in [1.807, 2.05) is 24.3 Å². The molecule has 1 saturated heterocycles. The Labute approximate surface area is 172 Å². The summed E-state index contributed by atoms with van der Waals surface area (Å²) >= 11 is 0. The molecule has 1 aromatic heterocycles. The molecule has 1 atom stereocenters. The summed E-state index contributed by atoms with van der Waals surface area (Å²) in [7, 11) is 0. The Hall–Kier alpha value is -2.83. The number of nitrogens with one attached hydrogen (secondary N) is 1. The Morgan fingerprint density at radius 2 is 2.07 bits per heavy atom. The van der Waals surface area contributed by atoms with Gasteiger partial charge >= 0.3 is 6.09 Å². The fourth-order valence-electron chi connectivity index (χ4n) is 3.69.